The summed E-state index contributed by atoms with van der Waals surface area (Å²) < 4.78 is 25.0. The summed E-state index contributed by atoms with van der Waals surface area (Å²) >= 11 is 0. The van der Waals surface area contributed by atoms with Crippen molar-refractivity contribution < 1.29 is 23.4 Å². The van der Waals surface area contributed by atoms with E-state index in [0.717, 1.165) is 0 Å². The molecule has 0 saturated heterocycles. The third kappa shape index (κ3) is 3.66. The summed E-state index contributed by atoms with van der Waals surface area (Å²) in [5.41, 5.74) is 7.14. The summed E-state index contributed by atoms with van der Waals surface area (Å²) in [4.78, 5) is 12.0. The van der Waals surface area contributed by atoms with Gasteiger partial charge in [-0.3, -0.25) is 0 Å². The molecule has 0 atom stereocenters. The van der Waals surface area contributed by atoms with Gasteiger partial charge in [0.2, 0.25) is 0 Å². The third-order valence-electron chi connectivity index (χ3n) is 4.17. The van der Waals surface area contributed by atoms with E-state index < -0.39 is 17.3 Å². The molecule has 0 saturated carbocycles. The van der Waals surface area contributed by atoms with Crippen LogP contribution in [0.4, 0.5) is 4.39 Å². The summed E-state index contributed by atoms with van der Waals surface area (Å²) in [6.07, 6.45) is -0.111. The fourth-order valence-corrected chi connectivity index (χ4v) is 2.99. The molecule has 27 heavy (non-hydrogen) atoms. The van der Waals surface area contributed by atoms with Gasteiger partial charge in [0.15, 0.2) is 0 Å². The summed E-state index contributed by atoms with van der Waals surface area (Å²) in [5, 5.41) is 10.2. The van der Waals surface area contributed by atoms with E-state index in [0.29, 0.717) is 27.8 Å². The van der Waals surface area contributed by atoms with Gasteiger partial charge >= 0.3 is 5.97 Å². The van der Waals surface area contributed by atoms with Crippen LogP contribution in [0.3, 0.4) is 0 Å². The molecule has 3 aromatic rings. The molecule has 6 heteroatoms. The Kier molecular flexibility index (Phi) is 4.70. The Bertz CT molecular complexity index is 998. The lowest BCUT2D eigenvalue weighted by Crippen LogP contribution is -2.29. The zero-order valence-corrected chi connectivity index (χ0v) is 15.7. The lowest BCUT2D eigenvalue weighted by molar-refractivity contribution is 0.0699. The van der Waals surface area contributed by atoms with Crippen LogP contribution in [0.1, 0.15) is 43.6 Å². The Balaban J connectivity index is 2.32. The molecular formula is C21H22FNO4. The van der Waals surface area contributed by atoms with E-state index in [4.69, 9.17) is 14.9 Å². The van der Waals surface area contributed by atoms with E-state index in [9.17, 15) is 14.3 Å². The van der Waals surface area contributed by atoms with Gasteiger partial charge < -0.3 is 20.0 Å². The van der Waals surface area contributed by atoms with Crippen molar-refractivity contribution in [1.29, 1.82) is 0 Å². The number of furan rings is 1. The van der Waals surface area contributed by atoms with Gasteiger partial charge in [-0.25, -0.2) is 9.18 Å². The van der Waals surface area contributed by atoms with Crippen LogP contribution < -0.4 is 10.5 Å². The highest BCUT2D eigenvalue weighted by Crippen LogP contribution is 2.40. The van der Waals surface area contributed by atoms with E-state index in [1.807, 2.05) is 27.7 Å². The highest BCUT2D eigenvalue weighted by molar-refractivity contribution is 6.08. The van der Waals surface area contributed by atoms with Crippen molar-refractivity contribution in [2.75, 3.05) is 0 Å². The van der Waals surface area contributed by atoms with Crippen molar-refractivity contribution in [3.8, 4) is 17.1 Å². The number of fused-ring (bicyclic) bond motifs is 1. The second kappa shape index (κ2) is 6.70. The van der Waals surface area contributed by atoms with Crippen LogP contribution in [0.2, 0.25) is 0 Å². The minimum Gasteiger partial charge on any atom is -0.491 e. The molecule has 0 aliphatic carbocycles. The lowest BCUT2D eigenvalue weighted by atomic mass is 9.93. The molecule has 0 fully saturated rings. The first-order chi connectivity index (χ1) is 12.6. The topological polar surface area (TPSA) is 85.7 Å². The molecule has 1 heterocycles. The average molecular weight is 371 g/mol. The first-order valence-corrected chi connectivity index (χ1v) is 8.63. The second-order valence-electron chi connectivity index (χ2n) is 7.35. The molecule has 1 aromatic heterocycles. The first kappa shape index (κ1) is 18.9. The van der Waals surface area contributed by atoms with Gasteiger partial charge in [0.1, 0.15) is 28.5 Å². The number of carbonyl (C=O) groups is 1. The van der Waals surface area contributed by atoms with E-state index in [2.05, 4.69) is 0 Å². The molecule has 0 aliphatic rings. The predicted octanol–water partition coefficient (Wildman–Crippen LogP) is 4.92. The Morgan fingerprint density at radius 2 is 1.85 bits per heavy atom. The normalized spacial score (nSPS) is 12.0. The van der Waals surface area contributed by atoms with E-state index in [1.165, 1.54) is 24.3 Å². The summed E-state index contributed by atoms with van der Waals surface area (Å²) in [7, 11) is 0. The van der Waals surface area contributed by atoms with Crippen LogP contribution in [0, 0.1) is 5.82 Å². The zero-order chi connectivity index (χ0) is 19.9. The lowest BCUT2D eigenvalue weighted by Gasteiger charge is -2.24. The largest absolute Gasteiger partial charge is 0.491 e. The molecule has 3 rings (SSSR count). The highest BCUT2D eigenvalue weighted by atomic mass is 19.1. The number of rotatable bonds is 5. The first-order valence-electron chi connectivity index (χ1n) is 8.63. The Hall–Kier alpha value is -2.86. The minimum absolute atomic E-state index is 0.00610. The van der Waals surface area contributed by atoms with Crippen molar-refractivity contribution in [2.45, 2.75) is 39.3 Å². The number of hydrogen-bond donors (Lipinski definition) is 2. The number of benzene rings is 2. The van der Waals surface area contributed by atoms with Crippen LogP contribution in [-0.4, -0.2) is 17.2 Å². The van der Waals surface area contributed by atoms with Gasteiger partial charge in [-0.05, 0) is 64.1 Å². The van der Waals surface area contributed by atoms with Crippen LogP contribution in [-0.2, 0) is 5.54 Å². The third-order valence-corrected chi connectivity index (χ3v) is 4.17. The number of carboxylic acids is 1. The number of carboxylic acid groups (broad SMARTS) is 1. The maximum Gasteiger partial charge on any atom is 0.340 e. The molecule has 0 unspecified atom stereocenters. The molecule has 3 N–H and O–H groups in total. The molecule has 0 amide bonds. The number of ether oxygens (including phenoxy) is 1. The second-order valence-corrected chi connectivity index (χ2v) is 7.35. The molecule has 2 aromatic carbocycles. The Labute approximate surface area is 156 Å². The molecule has 0 spiro atoms. The minimum atomic E-state index is -1.14. The maximum atomic E-state index is 13.2. The molecule has 142 valence electrons. The highest BCUT2D eigenvalue weighted by Gasteiger charge is 2.27. The van der Waals surface area contributed by atoms with Crippen LogP contribution >= 0.6 is 0 Å². The SMILES string of the molecule is CC(C)Oc1cc2c(C(=O)O)c(-c3ccc(F)cc3)oc2cc1C(C)(C)N. The molecular weight excluding hydrogens is 349 g/mol. The van der Waals surface area contributed by atoms with Gasteiger partial charge in [-0.15, -0.1) is 0 Å². The molecule has 0 radical (unpaired) electrons. The van der Waals surface area contributed by atoms with Crippen LogP contribution in [0.15, 0.2) is 40.8 Å². The molecule has 5 nitrogen and oxygen atoms in total. The molecule has 0 aliphatic heterocycles. The van der Waals surface area contributed by atoms with Gasteiger partial charge in [-0.1, -0.05) is 0 Å². The van der Waals surface area contributed by atoms with Crippen molar-refractivity contribution in [3.05, 3.63) is 53.3 Å². The van der Waals surface area contributed by atoms with Gasteiger partial charge in [0, 0.05) is 22.1 Å². The fourth-order valence-electron chi connectivity index (χ4n) is 2.99. The number of aromatic carboxylic acids is 1. The monoisotopic (exact) mass is 371 g/mol. The van der Waals surface area contributed by atoms with Crippen molar-refractivity contribution in [2.24, 2.45) is 5.73 Å². The zero-order valence-electron chi connectivity index (χ0n) is 15.7. The summed E-state index contributed by atoms with van der Waals surface area (Å²) in [6.45, 7) is 7.44. The Morgan fingerprint density at radius 3 is 2.37 bits per heavy atom. The van der Waals surface area contributed by atoms with Gasteiger partial charge in [0.25, 0.3) is 0 Å². The van der Waals surface area contributed by atoms with Crippen molar-refractivity contribution >= 4 is 16.9 Å². The fraction of sp³-hybridized carbons (Fsp3) is 0.286. The predicted molar refractivity (Wildman–Crippen MR) is 102 cm³/mol. The quantitative estimate of drug-likeness (QED) is 0.665. The average Bonchev–Trinajstić information content (AvgIpc) is 2.91. The van der Waals surface area contributed by atoms with E-state index in [-0.39, 0.29) is 17.4 Å². The number of halogens is 1. The maximum absolute atomic E-state index is 13.2. The smallest absolute Gasteiger partial charge is 0.340 e. The number of hydrogen-bond acceptors (Lipinski definition) is 4. The van der Waals surface area contributed by atoms with Crippen LogP contribution in [0.25, 0.3) is 22.3 Å². The van der Waals surface area contributed by atoms with Crippen molar-refractivity contribution in [3.63, 3.8) is 0 Å². The standard InChI is InChI=1S/C21H22FNO4/c1-11(2)26-17-9-14-16(10-15(17)21(3,4)23)27-19(18(14)20(24)25)12-5-7-13(22)8-6-12/h5-11H,23H2,1-4H3,(H,24,25). The van der Waals surface area contributed by atoms with Gasteiger partial charge in [0.05, 0.1) is 6.10 Å². The van der Waals surface area contributed by atoms with Gasteiger partial charge in [-0.2, -0.15) is 0 Å². The van der Waals surface area contributed by atoms with Crippen LogP contribution in [0.5, 0.6) is 5.75 Å². The van der Waals surface area contributed by atoms with Crippen molar-refractivity contribution in [1.82, 2.24) is 0 Å². The summed E-state index contributed by atoms with van der Waals surface area (Å²) in [6, 6.07) is 8.86. The van der Waals surface area contributed by atoms with E-state index in [1.54, 1.807) is 12.1 Å². The Morgan fingerprint density at radius 1 is 1.22 bits per heavy atom. The number of nitrogens with two attached hydrogens (primary N) is 1. The summed E-state index contributed by atoms with van der Waals surface area (Å²) in [5.74, 6) is -0.867. The molecule has 0 bridgehead atoms. The van der Waals surface area contributed by atoms with E-state index >= 15 is 0 Å².